The first-order chi connectivity index (χ1) is 20.6. The van der Waals surface area contributed by atoms with E-state index in [2.05, 4.69) is 43.8 Å². The van der Waals surface area contributed by atoms with Crippen molar-refractivity contribution in [2.75, 3.05) is 36.5 Å². The number of aromatic nitrogens is 5. The summed E-state index contributed by atoms with van der Waals surface area (Å²) in [6.07, 6.45) is 5.45. The van der Waals surface area contributed by atoms with Crippen LogP contribution in [0.1, 0.15) is 39.2 Å². The number of ether oxygens (including phenoxy) is 1. The molecule has 13 heteroatoms. The minimum absolute atomic E-state index is 0.0617. The summed E-state index contributed by atoms with van der Waals surface area (Å²) in [7, 11) is 0. The lowest BCUT2D eigenvalue weighted by molar-refractivity contribution is -0.137. The van der Waals surface area contributed by atoms with Gasteiger partial charge in [-0.3, -0.25) is 9.78 Å². The Balaban J connectivity index is 1.16. The van der Waals surface area contributed by atoms with Crippen LogP contribution in [-0.2, 0) is 9.53 Å². The fourth-order valence-electron chi connectivity index (χ4n) is 6.32. The first-order valence-corrected chi connectivity index (χ1v) is 15.3. The Hall–Kier alpha value is -4.12. The fourth-order valence-corrected chi connectivity index (χ4v) is 7.21. The number of amides is 1. The molecule has 2 aliphatic heterocycles. The van der Waals surface area contributed by atoms with Crippen LogP contribution in [0.2, 0.25) is 0 Å². The molecule has 1 saturated carbocycles. The number of nitriles is 1. The maximum absolute atomic E-state index is 12.5. The molecule has 12 nitrogen and oxygen atoms in total. The Labute approximate surface area is 252 Å². The molecule has 0 radical (unpaired) electrons. The van der Waals surface area contributed by atoms with E-state index in [1.807, 2.05) is 24.4 Å². The molecular weight excluding hydrogens is 566 g/mol. The van der Waals surface area contributed by atoms with E-state index in [1.54, 1.807) is 16.8 Å². The van der Waals surface area contributed by atoms with Crippen LogP contribution in [0.15, 0.2) is 36.7 Å². The Morgan fingerprint density at radius 1 is 1.19 bits per heavy atom. The summed E-state index contributed by atoms with van der Waals surface area (Å²) in [4.78, 5) is 19.6. The number of fused-ring (bicyclic) bond motifs is 3. The van der Waals surface area contributed by atoms with E-state index in [1.165, 1.54) is 25.2 Å². The normalized spacial score (nSPS) is 22.7. The molecule has 43 heavy (non-hydrogen) atoms. The number of rotatable bonds is 7. The summed E-state index contributed by atoms with van der Waals surface area (Å²) in [5, 5.41) is 41.4. The third-order valence-electron chi connectivity index (χ3n) is 8.68. The molecule has 2 bridgehead atoms. The third-order valence-corrected chi connectivity index (χ3v) is 9.69. The molecule has 4 aromatic rings. The van der Waals surface area contributed by atoms with Crippen molar-refractivity contribution in [3.8, 4) is 28.0 Å². The van der Waals surface area contributed by atoms with Gasteiger partial charge in [0.15, 0.2) is 5.01 Å². The standard InChI is InChI=1S/C30H33N9O3S/c1-29(2,41)27(40)34-25-18-4-5-19(25)14-38(13-18)28-37-36-26(43-28)21-12-32-23(9-22(21)35-30(3)15-42-16-30)24-7-6-20-8-17(10-31)11-33-39(20)24/h6-9,11-12,18-19,25,41H,4-5,13-16H2,1-3H3,(H,32,35)(H,34,40). The largest absolute Gasteiger partial charge is 0.381 e. The smallest absolute Gasteiger partial charge is 0.251 e. The number of carbonyl (C=O) groups is 1. The quantitative estimate of drug-likeness (QED) is 0.289. The Kier molecular flexibility index (Phi) is 6.61. The van der Waals surface area contributed by atoms with Gasteiger partial charge in [0.2, 0.25) is 5.13 Å². The van der Waals surface area contributed by atoms with Crippen LogP contribution in [0.4, 0.5) is 10.8 Å². The van der Waals surface area contributed by atoms with E-state index in [-0.39, 0.29) is 17.5 Å². The van der Waals surface area contributed by atoms with Gasteiger partial charge in [0, 0.05) is 31.0 Å². The van der Waals surface area contributed by atoms with E-state index in [0.717, 1.165) is 64.2 Å². The SMILES string of the molecule is CC1(Nc2cc(-c3ccc4cc(C#N)cnn34)ncc2-c2nnc(N3CC4CCC(C3)C4NC(=O)C(C)(C)O)s2)COC1. The van der Waals surface area contributed by atoms with Gasteiger partial charge in [-0.2, -0.15) is 10.4 Å². The summed E-state index contributed by atoms with van der Waals surface area (Å²) >= 11 is 1.54. The molecule has 0 spiro atoms. The van der Waals surface area contributed by atoms with E-state index in [4.69, 9.17) is 9.72 Å². The molecule has 0 aromatic carbocycles. The summed E-state index contributed by atoms with van der Waals surface area (Å²) in [6, 6.07) is 9.89. The molecule has 4 aromatic heterocycles. The Bertz CT molecular complexity index is 1740. The van der Waals surface area contributed by atoms with Crippen molar-refractivity contribution in [2.45, 2.75) is 50.8 Å². The van der Waals surface area contributed by atoms with Gasteiger partial charge in [0.05, 0.1) is 53.0 Å². The number of piperidine rings is 1. The lowest BCUT2D eigenvalue weighted by Crippen LogP contribution is -2.56. The van der Waals surface area contributed by atoms with Gasteiger partial charge in [0.25, 0.3) is 5.91 Å². The number of aliphatic hydroxyl groups is 1. The topological polar surface area (TPSA) is 154 Å². The van der Waals surface area contributed by atoms with Crippen LogP contribution < -0.4 is 15.5 Å². The molecule has 2 unspecified atom stereocenters. The highest BCUT2D eigenvalue weighted by molar-refractivity contribution is 7.18. The Morgan fingerprint density at radius 2 is 1.95 bits per heavy atom. The second kappa shape index (κ2) is 10.3. The first kappa shape index (κ1) is 27.7. The monoisotopic (exact) mass is 599 g/mol. The summed E-state index contributed by atoms with van der Waals surface area (Å²) < 4.78 is 7.29. The van der Waals surface area contributed by atoms with Crippen LogP contribution in [0.5, 0.6) is 0 Å². The number of hydrogen-bond acceptors (Lipinski definition) is 11. The van der Waals surface area contributed by atoms with Gasteiger partial charge in [-0.25, -0.2) is 4.52 Å². The van der Waals surface area contributed by atoms with Crippen molar-refractivity contribution in [3.63, 3.8) is 0 Å². The zero-order valence-electron chi connectivity index (χ0n) is 24.2. The van der Waals surface area contributed by atoms with Crippen molar-refractivity contribution in [2.24, 2.45) is 11.8 Å². The molecule has 3 N–H and O–H groups in total. The van der Waals surface area contributed by atoms with Gasteiger partial charge in [0.1, 0.15) is 11.7 Å². The Morgan fingerprint density at radius 3 is 2.63 bits per heavy atom. The number of hydrogen-bond donors (Lipinski definition) is 3. The van der Waals surface area contributed by atoms with Crippen LogP contribution in [0.3, 0.4) is 0 Å². The van der Waals surface area contributed by atoms with Gasteiger partial charge in [-0.05, 0) is 69.7 Å². The van der Waals surface area contributed by atoms with Gasteiger partial charge in [-0.1, -0.05) is 11.3 Å². The molecule has 3 fully saturated rings. The second-order valence-electron chi connectivity index (χ2n) is 12.7. The molecule has 1 aliphatic carbocycles. The van der Waals surface area contributed by atoms with Crippen molar-refractivity contribution >= 4 is 33.6 Å². The predicted octanol–water partition coefficient (Wildman–Crippen LogP) is 3.09. The van der Waals surface area contributed by atoms with Crippen LogP contribution in [0.25, 0.3) is 27.5 Å². The third kappa shape index (κ3) is 5.09. The molecule has 3 aliphatic rings. The zero-order valence-corrected chi connectivity index (χ0v) is 25.1. The van der Waals surface area contributed by atoms with Crippen molar-refractivity contribution in [1.82, 2.24) is 30.1 Å². The molecule has 222 valence electrons. The van der Waals surface area contributed by atoms with Crippen LogP contribution >= 0.6 is 11.3 Å². The number of anilines is 2. The molecule has 2 saturated heterocycles. The molecule has 6 heterocycles. The first-order valence-electron chi connectivity index (χ1n) is 14.5. The highest BCUT2D eigenvalue weighted by atomic mass is 32.1. The van der Waals surface area contributed by atoms with Crippen molar-refractivity contribution in [1.29, 1.82) is 5.26 Å². The number of nitrogens with zero attached hydrogens (tertiary/aromatic N) is 7. The summed E-state index contributed by atoms with van der Waals surface area (Å²) in [5.41, 5.74) is 3.02. The van der Waals surface area contributed by atoms with E-state index in [0.29, 0.717) is 30.6 Å². The van der Waals surface area contributed by atoms with E-state index >= 15 is 0 Å². The average Bonchev–Trinajstić information content (AvgIpc) is 3.67. The maximum Gasteiger partial charge on any atom is 0.251 e. The van der Waals surface area contributed by atoms with Crippen LogP contribution in [0, 0.1) is 23.2 Å². The van der Waals surface area contributed by atoms with Gasteiger partial charge >= 0.3 is 0 Å². The second-order valence-corrected chi connectivity index (χ2v) is 13.6. The molecule has 1 amide bonds. The van der Waals surface area contributed by atoms with Crippen molar-refractivity contribution in [3.05, 3.63) is 42.2 Å². The maximum atomic E-state index is 12.5. The number of nitrogens with one attached hydrogen (secondary N) is 2. The number of carbonyl (C=O) groups excluding carboxylic acids is 1. The molecule has 2 atom stereocenters. The average molecular weight is 600 g/mol. The summed E-state index contributed by atoms with van der Waals surface area (Å²) in [5.74, 6) is 0.270. The predicted molar refractivity (Wildman–Crippen MR) is 162 cm³/mol. The minimum Gasteiger partial charge on any atom is -0.381 e. The van der Waals surface area contributed by atoms with Crippen LogP contribution in [-0.4, -0.2) is 79.3 Å². The summed E-state index contributed by atoms with van der Waals surface area (Å²) in [6.45, 7) is 7.92. The minimum atomic E-state index is -1.39. The lowest BCUT2D eigenvalue weighted by atomic mass is 9.91. The molecular formula is C30H33N9O3S. The van der Waals surface area contributed by atoms with Gasteiger partial charge < -0.3 is 25.4 Å². The zero-order chi connectivity index (χ0) is 29.9. The fraction of sp³-hybridized carbons (Fsp3) is 0.467. The van der Waals surface area contributed by atoms with Gasteiger partial charge in [-0.15, -0.1) is 10.2 Å². The van der Waals surface area contributed by atoms with Crippen molar-refractivity contribution < 1.29 is 14.6 Å². The highest BCUT2D eigenvalue weighted by Gasteiger charge is 2.44. The van der Waals surface area contributed by atoms with E-state index < -0.39 is 5.60 Å². The number of pyridine rings is 1. The highest BCUT2D eigenvalue weighted by Crippen LogP contribution is 2.42. The van der Waals surface area contributed by atoms with E-state index in [9.17, 15) is 15.2 Å². The molecule has 7 rings (SSSR count). The lowest BCUT2D eigenvalue weighted by Gasteiger charge is -2.40.